The van der Waals surface area contributed by atoms with Crippen LogP contribution in [0.15, 0.2) is 12.7 Å². The van der Waals surface area contributed by atoms with Crippen molar-refractivity contribution in [2.75, 3.05) is 0 Å². The lowest BCUT2D eigenvalue weighted by molar-refractivity contribution is -0.139. The maximum Gasteiger partial charge on any atom is 0.307 e. The van der Waals surface area contributed by atoms with Crippen molar-refractivity contribution in [1.29, 1.82) is 0 Å². The summed E-state index contributed by atoms with van der Waals surface area (Å²) in [4.78, 5) is 10.3. The molecule has 2 heteroatoms. The normalized spacial score (nSPS) is 39.9. The number of hydrogen-bond donors (Lipinski definition) is 1. The van der Waals surface area contributed by atoms with Crippen LogP contribution in [0.25, 0.3) is 0 Å². The monoisotopic (exact) mass is 126 g/mol. The lowest BCUT2D eigenvalue weighted by Crippen LogP contribution is -1.99. The Hall–Kier alpha value is -0.790. The van der Waals surface area contributed by atoms with Gasteiger partial charge in [0.25, 0.3) is 0 Å². The zero-order valence-electron chi connectivity index (χ0n) is 5.37. The molecule has 1 aliphatic carbocycles. The molecule has 1 aliphatic rings. The molecule has 0 bridgehead atoms. The number of hydrogen-bond acceptors (Lipinski definition) is 1. The van der Waals surface area contributed by atoms with Gasteiger partial charge in [0.15, 0.2) is 0 Å². The summed E-state index contributed by atoms with van der Waals surface area (Å²) in [5.41, 5.74) is 0. The Morgan fingerprint density at radius 2 is 2.33 bits per heavy atom. The molecule has 1 N–H and O–H groups in total. The summed E-state index contributed by atoms with van der Waals surface area (Å²) in [7, 11) is 0. The number of carbonyl (C=O) groups is 1. The van der Waals surface area contributed by atoms with Crippen molar-refractivity contribution in [1.82, 2.24) is 0 Å². The van der Waals surface area contributed by atoms with Crippen LogP contribution in [-0.2, 0) is 4.79 Å². The number of carboxylic acids is 1. The second-order valence-corrected chi connectivity index (χ2v) is 2.54. The van der Waals surface area contributed by atoms with Gasteiger partial charge in [0.2, 0.25) is 0 Å². The van der Waals surface area contributed by atoms with Gasteiger partial charge >= 0.3 is 5.97 Å². The predicted octanol–water partition coefficient (Wildman–Crippen LogP) is 1.14. The van der Waals surface area contributed by atoms with Gasteiger partial charge in [0.05, 0.1) is 5.92 Å². The first-order valence-corrected chi connectivity index (χ1v) is 3.04. The first-order valence-electron chi connectivity index (χ1n) is 3.04. The van der Waals surface area contributed by atoms with Crippen LogP contribution >= 0.6 is 0 Å². The Bertz CT molecular complexity index is 151. The minimum Gasteiger partial charge on any atom is -0.481 e. The van der Waals surface area contributed by atoms with E-state index in [0.29, 0.717) is 5.92 Å². The Balaban J connectivity index is 2.51. The second-order valence-electron chi connectivity index (χ2n) is 2.54. The Morgan fingerprint density at radius 1 is 1.78 bits per heavy atom. The second kappa shape index (κ2) is 1.87. The van der Waals surface area contributed by atoms with Crippen molar-refractivity contribution >= 4 is 5.97 Å². The van der Waals surface area contributed by atoms with E-state index >= 15 is 0 Å². The van der Waals surface area contributed by atoms with Gasteiger partial charge in [-0.15, -0.1) is 6.58 Å². The van der Waals surface area contributed by atoms with Crippen molar-refractivity contribution in [3.63, 3.8) is 0 Å². The molecule has 3 unspecified atom stereocenters. The highest BCUT2D eigenvalue weighted by molar-refractivity contribution is 5.74. The Kier molecular flexibility index (Phi) is 1.31. The van der Waals surface area contributed by atoms with Crippen molar-refractivity contribution in [2.24, 2.45) is 17.8 Å². The quantitative estimate of drug-likeness (QED) is 0.563. The van der Waals surface area contributed by atoms with E-state index in [9.17, 15) is 4.79 Å². The molecule has 0 aliphatic heterocycles. The molecule has 0 amide bonds. The average molecular weight is 126 g/mol. The van der Waals surface area contributed by atoms with Crippen molar-refractivity contribution in [3.05, 3.63) is 12.7 Å². The molecule has 0 aromatic rings. The van der Waals surface area contributed by atoms with Gasteiger partial charge < -0.3 is 5.11 Å². The number of rotatable bonds is 2. The summed E-state index contributed by atoms with van der Waals surface area (Å²) in [6.45, 7) is 5.48. The van der Waals surface area contributed by atoms with Gasteiger partial charge in [0.1, 0.15) is 0 Å². The Morgan fingerprint density at radius 3 is 2.44 bits per heavy atom. The highest BCUT2D eigenvalue weighted by Gasteiger charge is 2.49. The van der Waals surface area contributed by atoms with Gasteiger partial charge in [-0.25, -0.2) is 0 Å². The third-order valence-corrected chi connectivity index (χ3v) is 2.00. The molecule has 3 atom stereocenters. The van der Waals surface area contributed by atoms with E-state index in [1.54, 1.807) is 6.08 Å². The highest BCUT2D eigenvalue weighted by Crippen LogP contribution is 2.46. The maximum atomic E-state index is 10.3. The van der Waals surface area contributed by atoms with Gasteiger partial charge in [-0.3, -0.25) is 4.79 Å². The SMILES string of the molecule is C=CC1C(C)C1C(=O)O. The first-order chi connectivity index (χ1) is 4.18. The highest BCUT2D eigenvalue weighted by atomic mass is 16.4. The first kappa shape index (κ1) is 6.33. The summed E-state index contributed by atoms with van der Waals surface area (Å²) >= 11 is 0. The summed E-state index contributed by atoms with van der Waals surface area (Å²) in [5.74, 6) is -0.308. The van der Waals surface area contributed by atoms with E-state index in [1.807, 2.05) is 6.92 Å². The zero-order valence-corrected chi connectivity index (χ0v) is 5.37. The molecule has 0 radical (unpaired) electrons. The van der Waals surface area contributed by atoms with E-state index in [0.717, 1.165) is 0 Å². The van der Waals surface area contributed by atoms with Crippen LogP contribution in [0.2, 0.25) is 0 Å². The fraction of sp³-hybridized carbons (Fsp3) is 0.571. The maximum absolute atomic E-state index is 10.3. The smallest absolute Gasteiger partial charge is 0.307 e. The van der Waals surface area contributed by atoms with Crippen LogP contribution in [0.5, 0.6) is 0 Å². The zero-order chi connectivity index (χ0) is 7.02. The topological polar surface area (TPSA) is 37.3 Å². The molecule has 1 rings (SSSR count). The van der Waals surface area contributed by atoms with Crippen LogP contribution in [0.4, 0.5) is 0 Å². The van der Waals surface area contributed by atoms with Crippen LogP contribution in [-0.4, -0.2) is 11.1 Å². The predicted molar refractivity (Wildman–Crippen MR) is 34.0 cm³/mol. The molecular weight excluding hydrogens is 116 g/mol. The van der Waals surface area contributed by atoms with Gasteiger partial charge in [-0.05, 0) is 11.8 Å². The standard InChI is InChI=1S/C7H10O2/c1-3-5-4(2)6(5)7(8)9/h3-6H,1H2,2H3,(H,8,9). The summed E-state index contributed by atoms with van der Waals surface area (Å²) in [6.07, 6.45) is 1.73. The van der Waals surface area contributed by atoms with Crippen molar-refractivity contribution < 1.29 is 9.90 Å². The minimum absolute atomic E-state index is 0.150. The molecule has 1 fully saturated rings. The van der Waals surface area contributed by atoms with Gasteiger partial charge in [-0.2, -0.15) is 0 Å². The minimum atomic E-state index is -0.688. The van der Waals surface area contributed by atoms with Crippen molar-refractivity contribution in [3.8, 4) is 0 Å². The number of carboxylic acid groups (broad SMARTS) is 1. The number of allylic oxidation sites excluding steroid dienone is 1. The third kappa shape index (κ3) is 0.846. The molecule has 0 aromatic heterocycles. The lowest BCUT2D eigenvalue weighted by atomic mass is 10.3. The Labute approximate surface area is 54.2 Å². The van der Waals surface area contributed by atoms with E-state index in [2.05, 4.69) is 6.58 Å². The molecule has 0 spiro atoms. The molecule has 50 valence electrons. The fourth-order valence-electron chi connectivity index (χ4n) is 1.24. The third-order valence-electron chi connectivity index (χ3n) is 2.00. The molecule has 0 saturated heterocycles. The molecular formula is C7H10O2. The van der Waals surface area contributed by atoms with Gasteiger partial charge in [-0.1, -0.05) is 13.0 Å². The average Bonchev–Trinajstić information content (AvgIpc) is 2.40. The van der Waals surface area contributed by atoms with E-state index in [1.165, 1.54) is 0 Å². The van der Waals surface area contributed by atoms with E-state index in [4.69, 9.17) is 5.11 Å². The van der Waals surface area contributed by atoms with Gasteiger partial charge in [0, 0.05) is 0 Å². The molecule has 1 saturated carbocycles. The molecule has 0 heterocycles. The largest absolute Gasteiger partial charge is 0.481 e. The van der Waals surface area contributed by atoms with Crippen molar-refractivity contribution in [2.45, 2.75) is 6.92 Å². The molecule has 9 heavy (non-hydrogen) atoms. The van der Waals surface area contributed by atoms with E-state index in [-0.39, 0.29) is 11.8 Å². The summed E-state index contributed by atoms with van der Waals surface area (Å²) in [6, 6.07) is 0. The molecule has 0 aromatic carbocycles. The summed E-state index contributed by atoms with van der Waals surface area (Å²) in [5, 5.41) is 8.48. The van der Waals surface area contributed by atoms with Crippen LogP contribution < -0.4 is 0 Å². The van der Waals surface area contributed by atoms with E-state index < -0.39 is 5.97 Å². The van der Waals surface area contributed by atoms with Crippen LogP contribution in [0.3, 0.4) is 0 Å². The number of aliphatic carboxylic acids is 1. The van der Waals surface area contributed by atoms with Crippen LogP contribution in [0, 0.1) is 17.8 Å². The lowest BCUT2D eigenvalue weighted by Gasteiger charge is -1.81. The van der Waals surface area contributed by atoms with Crippen LogP contribution in [0.1, 0.15) is 6.92 Å². The fourth-order valence-corrected chi connectivity index (χ4v) is 1.24. The molecule has 2 nitrogen and oxygen atoms in total. The summed E-state index contributed by atoms with van der Waals surface area (Å²) < 4.78 is 0.